The molecule has 0 unspecified atom stereocenters. The van der Waals surface area contributed by atoms with Gasteiger partial charge in [0.1, 0.15) is 11.4 Å². The van der Waals surface area contributed by atoms with Crippen molar-refractivity contribution < 1.29 is 23.9 Å². The predicted octanol–water partition coefficient (Wildman–Crippen LogP) is 1.25. The van der Waals surface area contributed by atoms with Gasteiger partial charge in [0.25, 0.3) is 0 Å². The fourth-order valence-electron chi connectivity index (χ4n) is 1.40. The Labute approximate surface area is 106 Å². The molecule has 18 heavy (non-hydrogen) atoms. The Morgan fingerprint density at radius 2 is 1.89 bits per heavy atom. The Bertz CT molecular complexity index is 405. The van der Waals surface area contributed by atoms with E-state index in [0.717, 1.165) is 0 Å². The Hall–Kier alpha value is -1.85. The third-order valence-corrected chi connectivity index (χ3v) is 1.94. The third kappa shape index (κ3) is 4.57. The summed E-state index contributed by atoms with van der Waals surface area (Å²) in [4.78, 5) is 35.2. The van der Waals surface area contributed by atoms with E-state index in [-0.39, 0.29) is 24.6 Å². The first-order valence-corrected chi connectivity index (χ1v) is 5.57. The van der Waals surface area contributed by atoms with Crippen molar-refractivity contribution in [1.82, 2.24) is 4.90 Å². The number of ether oxygens (including phenoxy) is 2. The molecule has 0 radical (unpaired) electrons. The number of hydrogen-bond donors (Lipinski definition) is 0. The van der Waals surface area contributed by atoms with Gasteiger partial charge >= 0.3 is 12.1 Å². The fraction of sp³-hybridized carbons (Fsp3) is 0.583. The number of rotatable bonds is 1. The van der Waals surface area contributed by atoms with Gasteiger partial charge in [-0.25, -0.2) is 4.79 Å². The Kier molecular flexibility index (Phi) is 4.11. The van der Waals surface area contributed by atoms with Gasteiger partial charge in [-0.2, -0.15) is 0 Å². The van der Waals surface area contributed by atoms with Crippen LogP contribution in [0.2, 0.25) is 0 Å². The van der Waals surface area contributed by atoms with Crippen molar-refractivity contribution in [2.45, 2.75) is 33.3 Å². The van der Waals surface area contributed by atoms with Gasteiger partial charge in [0.2, 0.25) is 0 Å². The van der Waals surface area contributed by atoms with Crippen molar-refractivity contribution in [3.63, 3.8) is 0 Å². The Morgan fingerprint density at radius 3 is 2.39 bits per heavy atom. The van der Waals surface area contributed by atoms with Crippen molar-refractivity contribution in [3.05, 3.63) is 11.8 Å². The minimum atomic E-state index is -0.636. The quantitative estimate of drug-likeness (QED) is 0.659. The first-order chi connectivity index (χ1) is 8.17. The molecule has 0 spiro atoms. The SMILES string of the molecule is CC(=O)OC1=CC(=O)CN(C(=O)OC(C)(C)C)C1. The summed E-state index contributed by atoms with van der Waals surface area (Å²) in [5, 5.41) is 0. The summed E-state index contributed by atoms with van der Waals surface area (Å²) in [7, 11) is 0. The molecule has 6 nitrogen and oxygen atoms in total. The standard InChI is InChI=1S/C12H17NO5/c1-8(14)17-10-5-9(15)6-13(7-10)11(16)18-12(2,3)4/h5H,6-7H2,1-4H3. The van der Waals surface area contributed by atoms with Crippen molar-refractivity contribution in [3.8, 4) is 0 Å². The van der Waals surface area contributed by atoms with Crippen LogP contribution in [0.15, 0.2) is 11.8 Å². The Morgan fingerprint density at radius 1 is 1.28 bits per heavy atom. The molecule has 0 saturated carbocycles. The molecular formula is C12H17NO5. The highest BCUT2D eigenvalue weighted by atomic mass is 16.6. The van der Waals surface area contributed by atoms with Crippen LogP contribution in [-0.4, -0.2) is 41.4 Å². The van der Waals surface area contributed by atoms with Crippen molar-refractivity contribution in [2.24, 2.45) is 0 Å². The minimum Gasteiger partial charge on any atom is -0.444 e. The largest absolute Gasteiger partial charge is 0.444 e. The van der Waals surface area contributed by atoms with E-state index in [0.29, 0.717) is 0 Å². The van der Waals surface area contributed by atoms with E-state index < -0.39 is 17.7 Å². The second-order valence-corrected chi connectivity index (χ2v) is 5.01. The van der Waals surface area contributed by atoms with E-state index in [1.54, 1.807) is 20.8 Å². The minimum absolute atomic E-state index is 0.0558. The molecule has 1 heterocycles. The number of esters is 1. The van der Waals surface area contributed by atoms with Crippen molar-refractivity contribution in [2.75, 3.05) is 13.1 Å². The maximum absolute atomic E-state index is 11.8. The summed E-state index contributed by atoms with van der Waals surface area (Å²) in [6, 6.07) is 0. The van der Waals surface area contributed by atoms with Crippen molar-refractivity contribution >= 4 is 17.8 Å². The normalized spacial score (nSPS) is 16.1. The molecule has 6 heteroatoms. The highest BCUT2D eigenvalue weighted by Crippen LogP contribution is 2.14. The van der Waals surface area contributed by atoms with E-state index >= 15 is 0 Å². The first kappa shape index (κ1) is 14.2. The summed E-state index contributed by atoms with van der Waals surface area (Å²) < 4.78 is 9.97. The van der Waals surface area contributed by atoms with Gasteiger partial charge in [-0.3, -0.25) is 14.5 Å². The molecule has 0 aromatic rings. The molecule has 0 atom stereocenters. The van der Waals surface area contributed by atoms with Crippen LogP contribution in [0.25, 0.3) is 0 Å². The first-order valence-electron chi connectivity index (χ1n) is 5.57. The smallest absolute Gasteiger partial charge is 0.411 e. The topological polar surface area (TPSA) is 72.9 Å². The average Bonchev–Trinajstić information content (AvgIpc) is 2.12. The van der Waals surface area contributed by atoms with Gasteiger partial charge in [-0.15, -0.1) is 0 Å². The van der Waals surface area contributed by atoms with Crippen LogP contribution >= 0.6 is 0 Å². The molecule has 0 aromatic carbocycles. The summed E-state index contributed by atoms with van der Waals surface area (Å²) in [5.74, 6) is -0.673. The van der Waals surface area contributed by atoms with E-state index in [2.05, 4.69) is 0 Å². The molecule has 0 saturated heterocycles. The second-order valence-electron chi connectivity index (χ2n) is 5.01. The molecule has 1 rings (SSSR count). The summed E-state index contributed by atoms with van der Waals surface area (Å²) in [6.45, 7) is 6.43. The summed E-state index contributed by atoms with van der Waals surface area (Å²) in [6.07, 6.45) is 0.621. The van der Waals surface area contributed by atoms with Crippen LogP contribution in [0.3, 0.4) is 0 Å². The number of ketones is 1. The van der Waals surface area contributed by atoms with E-state index in [4.69, 9.17) is 9.47 Å². The lowest BCUT2D eigenvalue weighted by molar-refractivity contribution is -0.137. The van der Waals surface area contributed by atoms with E-state index in [9.17, 15) is 14.4 Å². The zero-order valence-electron chi connectivity index (χ0n) is 11.0. The van der Waals surface area contributed by atoms with Crippen molar-refractivity contribution in [1.29, 1.82) is 0 Å². The van der Waals surface area contributed by atoms with E-state index in [1.807, 2.05) is 0 Å². The molecule has 1 aliphatic heterocycles. The van der Waals surface area contributed by atoms with Gasteiger partial charge in [0, 0.05) is 13.0 Å². The van der Waals surface area contributed by atoms with Crippen LogP contribution in [0.1, 0.15) is 27.7 Å². The Balaban J connectivity index is 2.70. The lowest BCUT2D eigenvalue weighted by Gasteiger charge is -2.29. The lowest BCUT2D eigenvalue weighted by atomic mass is 10.2. The fourth-order valence-corrected chi connectivity index (χ4v) is 1.40. The molecule has 1 aliphatic rings. The maximum atomic E-state index is 11.8. The van der Waals surface area contributed by atoms with Gasteiger partial charge in [0.15, 0.2) is 5.78 Å². The maximum Gasteiger partial charge on any atom is 0.411 e. The highest BCUT2D eigenvalue weighted by Gasteiger charge is 2.28. The summed E-state index contributed by atoms with van der Waals surface area (Å²) >= 11 is 0. The zero-order valence-corrected chi connectivity index (χ0v) is 11.0. The predicted molar refractivity (Wildman–Crippen MR) is 62.7 cm³/mol. The number of carbonyl (C=O) groups excluding carboxylic acids is 3. The molecule has 100 valence electrons. The molecule has 1 amide bonds. The monoisotopic (exact) mass is 255 g/mol. The van der Waals surface area contributed by atoms with Gasteiger partial charge < -0.3 is 9.47 Å². The lowest BCUT2D eigenvalue weighted by Crippen LogP contribution is -2.43. The third-order valence-electron chi connectivity index (χ3n) is 1.94. The molecule has 0 bridgehead atoms. The van der Waals surface area contributed by atoms with Crippen LogP contribution in [0.5, 0.6) is 0 Å². The molecular weight excluding hydrogens is 238 g/mol. The van der Waals surface area contributed by atoms with Gasteiger partial charge in [0.05, 0.1) is 13.1 Å². The number of amides is 1. The zero-order chi connectivity index (χ0) is 13.9. The van der Waals surface area contributed by atoms with Crippen LogP contribution in [0, 0.1) is 0 Å². The molecule has 0 fully saturated rings. The molecule has 0 N–H and O–H groups in total. The molecule has 0 aliphatic carbocycles. The number of hydrogen-bond acceptors (Lipinski definition) is 5. The number of carbonyl (C=O) groups is 3. The average molecular weight is 255 g/mol. The second kappa shape index (κ2) is 5.20. The highest BCUT2D eigenvalue weighted by molar-refractivity contribution is 5.95. The summed E-state index contributed by atoms with van der Waals surface area (Å²) in [5.41, 5.74) is -0.636. The van der Waals surface area contributed by atoms with Gasteiger partial charge in [-0.1, -0.05) is 0 Å². The molecule has 0 aromatic heterocycles. The van der Waals surface area contributed by atoms with Crippen LogP contribution < -0.4 is 0 Å². The van der Waals surface area contributed by atoms with E-state index in [1.165, 1.54) is 17.9 Å². The van der Waals surface area contributed by atoms with Gasteiger partial charge in [-0.05, 0) is 20.8 Å². The number of nitrogens with zero attached hydrogens (tertiary/aromatic N) is 1. The van der Waals surface area contributed by atoms with Crippen LogP contribution in [-0.2, 0) is 19.1 Å². The van der Waals surface area contributed by atoms with Crippen LogP contribution in [0.4, 0.5) is 4.79 Å².